The molecular formula is C38H37ClN6O2. The number of anilines is 4. The van der Waals surface area contributed by atoms with Gasteiger partial charge in [-0.3, -0.25) is 19.6 Å². The van der Waals surface area contributed by atoms with E-state index in [1.54, 1.807) is 24.3 Å². The summed E-state index contributed by atoms with van der Waals surface area (Å²) in [5.74, 6) is 1.07. The van der Waals surface area contributed by atoms with Gasteiger partial charge in [-0.1, -0.05) is 60.7 Å². The van der Waals surface area contributed by atoms with Gasteiger partial charge in [0.25, 0.3) is 11.8 Å². The quantitative estimate of drug-likeness (QED) is 0.0901. The molecule has 0 heterocycles. The van der Waals surface area contributed by atoms with Crippen LogP contribution in [0.1, 0.15) is 45.7 Å². The molecule has 5 aromatic rings. The van der Waals surface area contributed by atoms with Crippen LogP contribution in [0.4, 0.5) is 22.7 Å². The topological polar surface area (TPSA) is 107 Å². The van der Waals surface area contributed by atoms with Crippen molar-refractivity contribution in [2.45, 2.75) is 26.9 Å². The van der Waals surface area contributed by atoms with Crippen molar-refractivity contribution >= 4 is 58.6 Å². The molecule has 47 heavy (non-hydrogen) atoms. The van der Waals surface area contributed by atoms with Gasteiger partial charge in [-0.2, -0.15) is 0 Å². The van der Waals surface area contributed by atoms with E-state index >= 15 is 0 Å². The molecule has 0 unspecified atom stereocenters. The molecule has 0 saturated heterocycles. The van der Waals surface area contributed by atoms with Gasteiger partial charge < -0.3 is 21.3 Å². The predicted octanol–water partition coefficient (Wildman–Crippen LogP) is 8.67. The van der Waals surface area contributed by atoms with E-state index in [1.807, 2.05) is 123 Å². The normalized spacial score (nSPS) is 11.2. The maximum atomic E-state index is 12.8. The molecule has 5 rings (SSSR count). The number of amidine groups is 2. The molecule has 4 N–H and O–H groups in total. The fourth-order valence-corrected chi connectivity index (χ4v) is 4.54. The van der Waals surface area contributed by atoms with Crippen LogP contribution in [0.3, 0.4) is 0 Å². The Morgan fingerprint density at radius 1 is 0.447 bits per heavy atom. The zero-order valence-electron chi connectivity index (χ0n) is 26.2. The lowest BCUT2D eigenvalue weighted by molar-refractivity contribution is 0.101. The van der Waals surface area contributed by atoms with E-state index < -0.39 is 0 Å². The number of nitrogens with zero attached hydrogens (tertiary/aromatic N) is 2. The van der Waals surface area contributed by atoms with Gasteiger partial charge in [-0.25, -0.2) is 0 Å². The zero-order chi connectivity index (χ0) is 32.1. The van der Waals surface area contributed by atoms with Gasteiger partial charge in [0, 0.05) is 33.9 Å². The summed E-state index contributed by atoms with van der Waals surface area (Å²) >= 11 is 0. The summed E-state index contributed by atoms with van der Waals surface area (Å²) in [4.78, 5) is 34.8. The Bertz CT molecular complexity index is 1670. The van der Waals surface area contributed by atoms with Gasteiger partial charge >= 0.3 is 0 Å². The zero-order valence-corrected chi connectivity index (χ0v) is 27.1. The van der Waals surface area contributed by atoms with Gasteiger partial charge in [-0.05, 0) is 97.8 Å². The third-order valence-corrected chi connectivity index (χ3v) is 7.03. The number of nitrogens with one attached hydrogen (secondary N) is 4. The first-order chi connectivity index (χ1) is 22.4. The number of carbonyl (C=O) groups excluding carboxylic acids is 2. The average Bonchev–Trinajstić information content (AvgIpc) is 3.09. The molecule has 0 radical (unpaired) electrons. The van der Waals surface area contributed by atoms with Crippen molar-refractivity contribution in [3.63, 3.8) is 0 Å². The summed E-state index contributed by atoms with van der Waals surface area (Å²) in [5.41, 5.74) is 6.24. The minimum atomic E-state index is -0.265. The van der Waals surface area contributed by atoms with E-state index in [4.69, 9.17) is 0 Å². The van der Waals surface area contributed by atoms with Crippen LogP contribution in [0, 0.1) is 0 Å². The number of benzene rings is 5. The standard InChI is InChI=1S/C38H36N6O2.ClH/c1-27(39-25-29-9-5-3-6-10-29)41-33-17-21-35(22-18-33)43-37(45)31-13-15-32(16-14-31)38(46)44-36-23-19-34(20-24-36)42-28(2)40-26-30-11-7-4-8-12-30;/h3-24H,25-26H2,1-2H3,(H,39,41)(H,40,42)(H,43,45)(H,44,46);1H. The second-order valence-electron chi connectivity index (χ2n) is 10.7. The van der Waals surface area contributed by atoms with Crippen molar-refractivity contribution in [1.29, 1.82) is 0 Å². The van der Waals surface area contributed by atoms with Crippen molar-refractivity contribution in [3.8, 4) is 0 Å². The summed E-state index contributed by atoms with van der Waals surface area (Å²) in [6, 6.07) is 41.5. The van der Waals surface area contributed by atoms with Gasteiger partial charge in [-0.15, -0.1) is 12.4 Å². The fraction of sp³-hybridized carbons (Fsp3) is 0.105. The number of hydrogen-bond donors (Lipinski definition) is 4. The molecule has 0 aliphatic heterocycles. The van der Waals surface area contributed by atoms with Crippen molar-refractivity contribution in [2.24, 2.45) is 9.98 Å². The van der Waals surface area contributed by atoms with E-state index in [2.05, 4.69) is 31.3 Å². The molecule has 0 aliphatic rings. The van der Waals surface area contributed by atoms with E-state index in [9.17, 15) is 9.59 Å². The first-order valence-corrected chi connectivity index (χ1v) is 15.0. The third kappa shape index (κ3) is 10.7. The van der Waals surface area contributed by atoms with Crippen LogP contribution in [0.25, 0.3) is 0 Å². The molecule has 0 bridgehead atoms. The minimum Gasteiger partial charge on any atom is -0.344 e. The molecule has 238 valence electrons. The summed E-state index contributed by atoms with van der Waals surface area (Å²) in [6.45, 7) is 5.04. The second-order valence-corrected chi connectivity index (χ2v) is 10.7. The summed E-state index contributed by atoms with van der Waals surface area (Å²) < 4.78 is 0. The van der Waals surface area contributed by atoms with Gasteiger partial charge in [0.15, 0.2) is 0 Å². The Kier molecular flexibility index (Phi) is 12.4. The highest BCUT2D eigenvalue weighted by atomic mass is 35.5. The third-order valence-electron chi connectivity index (χ3n) is 7.03. The average molecular weight is 645 g/mol. The molecule has 0 spiro atoms. The molecule has 2 amide bonds. The van der Waals surface area contributed by atoms with Crippen molar-refractivity contribution in [1.82, 2.24) is 0 Å². The molecule has 0 saturated carbocycles. The molecular weight excluding hydrogens is 608 g/mol. The lowest BCUT2D eigenvalue weighted by Gasteiger charge is -2.10. The lowest BCUT2D eigenvalue weighted by atomic mass is 10.1. The number of carbonyl (C=O) groups is 2. The predicted molar refractivity (Wildman–Crippen MR) is 196 cm³/mol. The van der Waals surface area contributed by atoms with Crippen LogP contribution in [0.15, 0.2) is 143 Å². The lowest BCUT2D eigenvalue weighted by Crippen LogP contribution is -2.14. The van der Waals surface area contributed by atoms with Crippen LogP contribution in [-0.2, 0) is 13.1 Å². The molecule has 9 heteroatoms. The highest BCUT2D eigenvalue weighted by Crippen LogP contribution is 2.18. The Balaban J connectivity index is 0.00000500. The minimum absolute atomic E-state index is 0. The van der Waals surface area contributed by atoms with Crippen LogP contribution in [0.5, 0.6) is 0 Å². The highest BCUT2D eigenvalue weighted by molar-refractivity contribution is 6.07. The Hall–Kier alpha value is -5.73. The van der Waals surface area contributed by atoms with Crippen LogP contribution >= 0.6 is 12.4 Å². The number of amides is 2. The number of hydrogen-bond acceptors (Lipinski definition) is 4. The summed E-state index contributed by atoms with van der Waals surface area (Å²) in [7, 11) is 0. The van der Waals surface area contributed by atoms with Gasteiger partial charge in [0.1, 0.15) is 0 Å². The van der Waals surface area contributed by atoms with Gasteiger partial charge in [0.2, 0.25) is 0 Å². The Labute approximate surface area is 281 Å². The number of aliphatic imine (C=N–C) groups is 2. The molecule has 0 fully saturated rings. The monoisotopic (exact) mass is 644 g/mol. The van der Waals surface area contributed by atoms with Gasteiger partial charge in [0.05, 0.1) is 24.8 Å². The fourth-order valence-electron chi connectivity index (χ4n) is 4.54. The molecule has 8 nitrogen and oxygen atoms in total. The largest absolute Gasteiger partial charge is 0.344 e. The Morgan fingerprint density at radius 2 is 0.745 bits per heavy atom. The van der Waals surface area contributed by atoms with E-state index in [1.165, 1.54) is 0 Å². The maximum Gasteiger partial charge on any atom is 0.255 e. The van der Waals surface area contributed by atoms with E-state index in [0.29, 0.717) is 35.6 Å². The molecule has 0 aromatic heterocycles. The highest BCUT2D eigenvalue weighted by Gasteiger charge is 2.10. The van der Waals surface area contributed by atoms with Crippen LogP contribution in [-0.4, -0.2) is 23.5 Å². The first-order valence-electron chi connectivity index (χ1n) is 15.0. The number of halogens is 1. The summed E-state index contributed by atoms with van der Waals surface area (Å²) in [5, 5.41) is 12.3. The Morgan fingerprint density at radius 3 is 1.06 bits per heavy atom. The van der Waals surface area contributed by atoms with Crippen LogP contribution in [0.2, 0.25) is 0 Å². The number of rotatable bonds is 10. The summed E-state index contributed by atoms with van der Waals surface area (Å²) in [6.07, 6.45) is 0. The molecule has 5 aromatic carbocycles. The molecule has 0 aliphatic carbocycles. The smallest absolute Gasteiger partial charge is 0.255 e. The first kappa shape index (κ1) is 34.1. The van der Waals surface area contributed by atoms with Crippen LogP contribution < -0.4 is 21.3 Å². The second kappa shape index (κ2) is 17.1. The van der Waals surface area contributed by atoms with E-state index in [0.717, 1.165) is 34.2 Å². The molecule has 0 atom stereocenters. The van der Waals surface area contributed by atoms with E-state index in [-0.39, 0.29) is 24.2 Å². The van der Waals surface area contributed by atoms with Crippen molar-refractivity contribution < 1.29 is 9.59 Å². The van der Waals surface area contributed by atoms with Crippen molar-refractivity contribution in [3.05, 3.63) is 156 Å². The maximum absolute atomic E-state index is 12.8. The SMILES string of the molecule is CC(=NCc1ccccc1)Nc1ccc(NC(=O)c2ccc(C(=O)Nc3ccc(NC(C)=NCc4ccccc4)cc3)cc2)cc1.Cl. The van der Waals surface area contributed by atoms with Crippen molar-refractivity contribution in [2.75, 3.05) is 21.3 Å².